The lowest BCUT2D eigenvalue weighted by molar-refractivity contribution is -0.0505. The molecule has 1 aromatic heterocycles. The molecule has 0 amide bonds. The summed E-state index contributed by atoms with van der Waals surface area (Å²) in [5.74, 6) is 0.832. The maximum Gasteiger partial charge on any atom is 0.387 e. The van der Waals surface area contributed by atoms with E-state index in [-0.39, 0.29) is 5.75 Å². The van der Waals surface area contributed by atoms with E-state index >= 15 is 0 Å². The van der Waals surface area contributed by atoms with Gasteiger partial charge in [0.1, 0.15) is 5.75 Å². The van der Waals surface area contributed by atoms with E-state index in [0.717, 1.165) is 15.7 Å². The van der Waals surface area contributed by atoms with Gasteiger partial charge in [0.05, 0.1) is 18.4 Å². The third-order valence-corrected chi connectivity index (χ3v) is 3.83. The Hall–Kier alpha value is -1.67. The number of hydrogen-bond acceptors (Lipinski definition) is 4. The molecular formula is C15H18BrF2N3O2. The summed E-state index contributed by atoms with van der Waals surface area (Å²) in [5, 5.41) is 7.51. The molecule has 0 spiro atoms. The van der Waals surface area contributed by atoms with Gasteiger partial charge in [0.25, 0.3) is 0 Å². The number of hydrogen-bond donors (Lipinski definition) is 1. The van der Waals surface area contributed by atoms with Gasteiger partial charge in [-0.1, -0.05) is 15.9 Å². The molecule has 0 aliphatic carbocycles. The molecule has 1 aromatic carbocycles. The molecule has 0 aliphatic rings. The van der Waals surface area contributed by atoms with Crippen molar-refractivity contribution in [2.24, 2.45) is 7.05 Å². The van der Waals surface area contributed by atoms with Gasteiger partial charge in [-0.2, -0.15) is 13.9 Å². The topological polar surface area (TPSA) is 48.3 Å². The van der Waals surface area contributed by atoms with Gasteiger partial charge in [0, 0.05) is 30.2 Å². The molecule has 1 heterocycles. The van der Waals surface area contributed by atoms with Gasteiger partial charge in [-0.3, -0.25) is 0 Å². The van der Waals surface area contributed by atoms with Gasteiger partial charge in [0.15, 0.2) is 0 Å². The van der Waals surface area contributed by atoms with E-state index < -0.39 is 6.61 Å². The van der Waals surface area contributed by atoms with Crippen molar-refractivity contribution in [3.05, 3.63) is 39.5 Å². The maximum absolute atomic E-state index is 12.5. The summed E-state index contributed by atoms with van der Waals surface area (Å²) in [4.78, 5) is 0. The van der Waals surface area contributed by atoms with Crippen molar-refractivity contribution in [1.29, 1.82) is 0 Å². The highest BCUT2D eigenvalue weighted by Gasteiger charge is 2.14. The molecule has 8 heteroatoms. The average molecular weight is 390 g/mol. The summed E-state index contributed by atoms with van der Waals surface area (Å²) < 4.78 is 37.2. The van der Waals surface area contributed by atoms with E-state index in [4.69, 9.17) is 4.74 Å². The Labute approximate surface area is 141 Å². The minimum Gasteiger partial charge on any atom is -0.481 e. The smallest absolute Gasteiger partial charge is 0.387 e. The lowest BCUT2D eigenvalue weighted by Crippen LogP contribution is -2.15. The predicted molar refractivity (Wildman–Crippen MR) is 85.8 cm³/mol. The van der Waals surface area contributed by atoms with Crippen LogP contribution in [0, 0.1) is 6.92 Å². The molecule has 126 valence electrons. The summed E-state index contributed by atoms with van der Waals surface area (Å²) in [5.41, 5.74) is 2.43. The standard InChI is InChI=1S/C15H18BrF2N3O2/c1-9-12(14(22-3)21(2)20-9)8-19-7-10-6-11(16)4-5-13(10)23-15(17)18/h4-6,15,19H,7-8H2,1-3H3. The lowest BCUT2D eigenvalue weighted by atomic mass is 10.2. The minimum atomic E-state index is -2.85. The number of nitrogens with one attached hydrogen (secondary N) is 1. The van der Waals surface area contributed by atoms with Crippen molar-refractivity contribution in [2.75, 3.05) is 7.11 Å². The molecule has 2 aromatic rings. The van der Waals surface area contributed by atoms with Crippen LogP contribution < -0.4 is 14.8 Å². The van der Waals surface area contributed by atoms with E-state index in [1.807, 2.05) is 6.92 Å². The Morgan fingerprint density at radius 3 is 2.74 bits per heavy atom. The number of halogens is 3. The van der Waals surface area contributed by atoms with Crippen molar-refractivity contribution >= 4 is 15.9 Å². The summed E-state index contributed by atoms with van der Waals surface area (Å²) in [6.45, 7) is -0.0810. The van der Waals surface area contributed by atoms with Crippen molar-refractivity contribution < 1.29 is 18.3 Å². The quantitative estimate of drug-likeness (QED) is 0.788. The fraction of sp³-hybridized carbons (Fsp3) is 0.400. The van der Waals surface area contributed by atoms with Gasteiger partial charge in [-0.05, 0) is 25.1 Å². The van der Waals surface area contributed by atoms with Crippen molar-refractivity contribution in [1.82, 2.24) is 15.1 Å². The molecule has 1 N–H and O–H groups in total. The van der Waals surface area contributed by atoms with Crippen LogP contribution >= 0.6 is 15.9 Å². The first-order valence-corrected chi connectivity index (χ1v) is 7.72. The van der Waals surface area contributed by atoms with Crippen LogP contribution in [-0.2, 0) is 20.1 Å². The molecule has 0 aliphatic heterocycles. The summed E-state index contributed by atoms with van der Waals surface area (Å²) in [7, 11) is 3.39. The van der Waals surface area contributed by atoms with Gasteiger partial charge < -0.3 is 14.8 Å². The molecule has 2 rings (SSSR count). The van der Waals surface area contributed by atoms with Crippen molar-refractivity contribution in [2.45, 2.75) is 26.6 Å². The number of methoxy groups -OCH3 is 1. The van der Waals surface area contributed by atoms with Crippen LogP contribution in [0.4, 0.5) is 8.78 Å². The van der Waals surface area contributed by atoms with Crippen LogP contribution in [0.3, 0.4) is 0 Å². The molecular weight excluding hydrogens is 372 g/mol. The first kappa shape index (κ1) is 17.7. The monoisotopic (exact) mass is 389 g/mol. The zero-order valence-electron chi connectivity index (χ0n) is 13.1. The minimum absolute atomic E-state index is 0.158. The molecule has 0 saturated heterocycles. The average Bonchev–Trinajstić information content (AvgIpc) is 2.75. The predicted octanol–water partition coefficient (Wildman–Crippen LogP) is 3.39. The van der Waals surface area contributed by atoms with E-state index in [1.165, 1.54) is 6.07 Å². The second kappa shape index (κ2) is 7.74. The van der Waals surface area contributed by atoms with Crippen molar-refractivity contribution in [3.8, 4) is 11.6 Å². The molecule has 23 heavy (non-hydrogen) atoms. The van der Waals surface area contributed by atoms with E-state index in [0.29, 0.717) is 24.5 Å². The van der Waals surface area contributed by atoms with Crippen LogP contribution in [0.5, 0.6) is 11.6 Å². The van der Waals surface area contributed by atoms with Crippen LogP contribution in [-0.4, -0.2) is 23.5 Å². The van der Waals surface area contributed by atoms with E-state index in [9.17, 15) is 8.78 Å². The third-order valence-electron chi connectivity index (χ3n) is 3.34. The van der Waals surface area contributed by atoms with Crippen LogP contribution in [0.2, 0.25) is 0 Å². The molecule has 0 unspecified atom stereocenters. The first-order chi connectivity index (χ1) is 10.9. The Balaban J connectivity index is 2.08. The van der Waals surface area contributed by atoms with Crippen LogP contribution in [0.1, 0.15) is 16.8 Å². The number of aryl methyl sites for hydroxylation is 2. The highest BCUT2D eigenvalue weighted by molar-refractivity contribution is 9.10. The number of ether oxygens (including phenoxy) is 2. The zero-order chi connectivity index (χ0) is 17.0. The first-order valence-electron chi connectivity index (χ1n) is 6.92. The molecule has 0 radical (unpaired) electrons. The number of rotatable bonds is 7. The summed E-state index contributed by atoms with van der Waals surface area (Å²) in [6, 6.07) is 4.93. The highest BCUT2D eigenvalue weighted by Crippen LogP contribution is 2.25. The Kier molecular flexibility index (Phi) is 5.95. The van der Waals surface area contributed by atoms with Gasteiger partial charge >= 0.3 is 6.61 Å². The largest absolute Gasteiger partial charge is 0.481 e. The van der Waals surface area contributed by atoms with Crippen molar-refractivity contribution in [3.63, 3.8) is 0 Å². The number of alkyl halides is 2. The highest BCUT2D eigenvalue weighted by atomic mass is 79.9. The van der Waals surface area contributed by atoms with Gasteiger partial charge in [0.2, 0.25) is 5.88 Å². The van der Waals surface area contributed by atoms with E-state index in [1.54, 1.807) is 31.0 Å². The normalized spacial score (nSPS) is 11.1. The fourth-order valence-electron chi connectivity index (χ4n) is 2.36. The maximum atomic E-state index is 12.5. The van der Waals surface area contributed by atoms with Gasteiger partial charge in [-0.15, -0.1) is 0 Å². The molecule has 0 bridgehead atoms. The second-order valence-corrected chi connectivity index (χ2v) is 5.85. The number of aromatic nitrogens is 2. The third kappa shape index (κ3) is 4.42. The zero-order valence-corrected chi connectivity index (χ0v) is 14.7. The molecule has 5 nitrogen and oxygen atoms in total. The summed E-state index contributed by atoms with van der Waals surface area (Å²) in [6.07, 6.45) is 0. The summed E-state index contributed by atoms with van der Waals surface area (Å²) >= 11 is 3.33. The Morgan fingerprint density at radius 1 is 1.35 bits per heavy atom. The van der Waals surface area contributed by atoms with Gasteiger partial charge in [-0.25, -0.2) is 4.68 Å². The van der Waals surface area contributed by atoms with E-state index in [2.05, 4.69) is 31.1 Å². The van der Waals surface area contributed by atoms with Crippen LogP contribution in [0.25, 0.3) is 0 Å². The SMILES string of the molecule is COc1c(CNCc2cc(Br)ccc2OC(F)F)c(C)nn1C. The molecule has 0 saturated carbocycles. The Bertz CT molecular complexity index is 677. The fourth-order valence-corrected chi connectivity index (χ4v) is 2.77. The Morgan fingerprint density at radius 2 is 2.09 bits per heavy atom. The lowest BCUT2D eigenvalue weighted by Gasteiger charge is -2.12. The number of benzene rings is 1. The number of nitrogens with zero attached hydrogens (tertiary/aromatic N) is 2. The molecule has 0 fully saturated rings. The van der Waals surface area contributed by atoms with Crippen LogP contribution in [0.15, 0.2) is 22.7 Å². The second-order valence-electron chi connectivity index (χ2n) is 4.93. The molecule has 0 atom stereocenters.